The van der Waals surface area contributed by atoms with Gasteiger partial charge in [0.15, 0.2) is 5.17 Å². The van der Waals surface area contributed by atoms with Gasteiger partial charge in [-0.15, -0.1) is 5.10 Å². The van der Waals surface area contributed by atoms with Crippen molar-refractivity contribution in [2.24, 2.45) is 10.1 Å². The van der Waals surface area contributed by atoms with Crippen LogP contribution in [-0.2, 0) is 0 Å². The van der Waals surface area contributed by atoms with Crippen LogP contribution in [0.2, 0.25) is 5.02 Å². The van der Waals surface area contributed by atoms with Crippen LogP contribution in [0.4, 0.5) is 11.4 Å². The second-order valence-electron chi connectivity index (χ2n) is 6.53. The normalized spacial score (nSPS) is 17.7. The van der Waals surface area contributed by atoms with E-state index in [0.29, 0.717) is 5.02 Å². The number of fused-ring (bicyclic) bond motifs is 2. The Balaban J connectivity index is 1.72. The lowest BCUT2D eigenvalue weighted by Crippen LogP contribution is -2.40. The highest BCUT2D eigenvalue weighted by molar-refractivity contribution is 8.13. The predicted molar refractivity (Wildman–Crippen MR) is 119 cm³/mol. The zero-order chi connectivity index (χ0) is 19.1. The lowest BCUT2D eigenvalue weighted by Gasteiger charge is -2.33. The first-order valence-corrected chi connectivity index (χ1v) is 10.6. The molecule has 0 spiro atoms. The molecular formula is C22H17ClN4S. The molecule has 5 rings (SSSR count). The molecule has 6 heteroatoms. The van der Waals surface area contributed by atoms with Gasteiger partial charge in [-0.1, -0.05) is 71.9 Å². The molecule has 3 aromatic rings. The minimum atomic E-state index is -0.0849. The van der Waals surface area contributed by atoms with Crippen LogP contribution in [-0.4, -0.2) is 22.4 Å². The minimum Gasteiger partial charge on any atom is -0.256 e. The van der Waals surface area contributed by atoms with Crippen LogP contribution in [0.25, 0.3) is 0 Å². The number of hydrazone groups is 1. The fourth-order valence-corrected chi connectivity index (χ4v) is 4.34. The molecule has 1 unspecified atom stereocenters. The molecule has 3 aromatic carbocycles. The van der Waals surface area contributed by atoms with Crippen molar-refractivity contribution in [2.75, 3.05) is 11.2 Å². The summed E-state index contributed by atoms with van der Waals surface area (Å²) < 4.78 is 0. The number of guanidine groups is 1. The maximum atomic E-state index is 6.34. The number of anilines is 1. The van der Waals surface area contributed by atoms with Gasteiger partial charge < -0.3 is 0 Å². The number of hydrogen-bond acceptors (Lipinski definition) is 5. The summed E-state index contributed by atoms with van der Waals surface area (Å²) in [6.45, 7) is 0. The van der Waals surface area contributed by atoms with Crippen molar-refractivity contribution in [3.05, 3.63) is 95.0 Å². The number of hydrogen-bond donors (Lipinski definition) is 0. The van der Waals surface area contributed by atoms with Crippen LogP contribution in [0.1, 0.15) is 17.2 Å². The van der Waals surface area contributed by atoms with E-state index in [1.54, 1.807) is 11.8 Å². The number of thioether (sulfide) groups is 1. The van der Waals surface area contributed by atoms with E-state index in [1.807, 2.05) is 53.7 Å². The highest BCUT2D eigenvalue weighted by atomic mass is 35.5. The van der Waals surface area contributed by atoms with Crippen molar-refractivity contribution in [2.45, 2.75) is 6.04 Å². The van der Waals surface area contributed by atoms with Gasteiger partial charge in [-0.2, -0.15) is 0 Å². The Morgan fingerprint density at radius 2 is 1.64 bits per heavy atom. The highest BCUT2D eigenvalue weighted by Gasteiger charge is 2.41. The Hall–Kier alpha value is -2.76. The summed E-state index contributed by atoms with van der Waals surface area (Å²) in [6.07, 6.45) is 2.04. The first-order valence-electron chi connectivity index (χ1n) is 8.96. The summed E-state index contributed by atoms with van der Waals surface area (Å²) in [5, 5.41) is 8.54. The molecule has 0 radical (unpaired) electrons. The number of nitrogens with zero attached hydrogens (tertiary/aromatic N) is 4. The zero-order valence-electron chi connectivity index (χ0n) is 15.2. The number of aliphatic imine (C=N–C) groups is 1. The summed E-state index contributed by atoms with van der Waals surface area (Å²) in [7, 11) is 0. The van der Waals surface area contributed by atoms with Crippen molar-refractivity contribution in [3.63, 3.8) is 0 Å². The van der Waals surface area contributed by atoms with E-state index in [2.05, 4.69) is 41.3 Å². The smallest absolute Gasteiger partial charge is 0.234 e. The van der Waals surface area contributed by atoms with Crippen LogP contribution in [0.3, 0.4) is 0 Å². The van der Waals surface area contributed by atoms with E-state index in [1.165, 1.54) is 0 Å². The average molecular weight is 405 g/mol. The number of benzene rings is 3. The number of halogens is 1. The third-order valence-electron chi connectivity index (χ3n) is 4.85. The Kier molecular flexibility index (Phi) is 4.34. The van der Waals surface area contributed by atoms with E-state index < -0.39 is 0 Å². The maximum absolute atomic E-state index is 6.34. The van der Waals surface area contributed by atoms with Crippen LogP contribution in [0, 0.1) is 0 Å². The van der Waals surface area contributed by atoms with E-state index in [4.69, 9.17) is 21.7 Å². The van der Waals surface area contributed by atoms with Crippen molar-refractivity contribution < 1.29 is 0 Å². The molecule has 0 bridgehead atoms. The largest absolute Gasteiger partial charge is 0.256 e. The Morgan fingerprint density at radius 3 is 2.36 bits per heavy atom. The number of rotatable bonds is 2. The molecule has 28 heavy (non-hydrogen) atoms. The van der Waals surface area contributed by atoms with Crippen LogP contribution in [0.5, 0.6) is 0 Å². The van der Waals surface area contributed by atoms with Crippen molar-refractivity contribution in [1.29, 1.82) is 0 Å². The predicted octanol–water partition coefficient (Wildman–Crippen LogP) is 5.89. The number of amidine groups is 1. The molecule has 0 saturated heterocycles. The van der Waals surface area contributed by atoms with Crippen LogP contribution >= 0.6 is 23.4 Å². The lowest BCUT2D eigenvalue weighted by atomic mass is 9.95. The topological polar surface area (TPSA) is 31.2 Å². The molecule has 2 aliphatic heterocycles. The standard InChI is InChI=1S/C22H17ClN4S/c1-28-22-25-27-20(15-8-4-2-5-9-15)18-14-16(23)12-13-19(18)24-21(27)26(22)17-10-6-3-7-11-17/h2-14,20H,1H3. The van der Waals surface area contributed by atoms with E-state index in [9.17, 15) is 0 Å². The van der Waals surface area contributed by atoms with E-state index in [-0.39, 0.29) is 6.04 Å². The van der Waals surface area contributed by atoms with Gasteiger partial charge in [0, 0.05) is 10.6 Å². The molecular weight excluding hydrogens is 388 g/mol. The van der Waals surface area contributed by atoms with Crippen molar-refractivity contribution in [1.82, 2.24) is 5.01 Å². The highest BCUT2D eigenvalue weighted by Crippen LogP contribution is 2.44. The molecule has 1 atom stereocenters. The molecule has 138 valence electrons. The van der Waals surface area contributed by atoms with Crippen LogP contribution < -0.4 is 4.90 Å². The fraction of sp³-hybridized carbons (Fsp3) is 0.0909. The SMILES string of the molecule is CSC1=NN2C(=Nc3ccc(Cl)cc3C2c2ccccc2)N1c1ccccc1. The lowest BCUT2D eigenvalue weighted by molar-refractivity contribution is 0.378. The van der Waals surface area contributed by atoms with Gasteiger partial charge in [0.25, 0.3) is 0 Å². The Bertz CT molecular complexity index is 1080. The van der Waals surface area contributed by atoms with Gasteiger partial charge in [-0.3, -0.25) is 4.90 Å². The summed E-state index contributed by atoms with van der Waals surface area (Å²) in [5.74, 6) is 0.805. The summed E-state index contributed by atoms with van der Waals surface area (Å²) >= 11 is 7.94. The minimum absolute atomic E-state index is 0.0849. The van der Waals surface area contributed by atoms with E-state index >= 15 is 0 Å². The third-order valence-corrected chi connectivity index (χ3v) is 5.72. The summed E-state index contributed by atoms with van der Waals surface area (Å²) in [5.41, 5.74) is 4.17. The molecule has 0 N–H and O–H groups in total. The summed E-state index contributed by atoms with van der Waals surface area (Å²) in [4.78, 5) is 7.07. The molecule has 0 aromatic heterocycles. The van der Waals surface area contributed by atoms with Gasteiger partial charge >= 0.3 is 0 Å². The second-order valence-corrected chi connectivity index (χ2v) is 7.74. The monoisotopic (exact) mass is 404 g/mol. The average Bonchev–Trinajstić information content (AvgIpc) is 3.11. The third kappa shape index (κ3) is 2.79. The molecule has 4 nitrogen and oxygen atoms in total. The quantitative estimate of drug-likeness (QED) is 0.533. The van der Waals surface area contributed by atoms with Gasteiger partial charge in [0.1, 0.15) is 6.04 Å². The molecule has 2 aliphatic rings. The van der Waals surface area contributed by atoms with Gasteiger partial charge in [-0.05, 0) is 42.2 Å². The first-order chi connectivity index (χ1) is 13.8. The van der Waals surface area contributed by atoms with Gasteiger partial charge in [-0.25, -0.2) is 10.0 Å². The molecule has 0 amide bonds. The van der Waals surface area contributed by atoms with Gasteiger partial charge in [0.2, 0.25) is 5.96 Å². The number of para-hydroxylation sites is 1. The van der Waals surface area contributed by atoms with Crippen molar-refractivity contribution in [3.8, 4) is 0 Å². The Morgan fingerprint density at radius 1 is 0.929 bits per heavy atom. The van der Waals surface area contributed by atoms with Crippen LogP contribution in [0.15, 0.2) is 89.0 Å². The maximum Gasteiger partial charge on any atom is 0.234 e. The Labute approximate surface area is 173 Å². The summed E-state index contributed by atoms with van der Waals surface area (Å²) in [6, 6.07) is 26.4. The van der Waals surface area contributed by atoms with Crippen molar-refractivity contribution >= 4 is 45.9 Å². The zero-order valence-corrected chi connectivity index (χ0v) is 16.7. The fourth-order valence-electron chi connectivity index (χ4n) is 3.62. The molecule has 0 saturated carbocycles. The molecule has 0 aliphatic carbocycles. The molecule has 0 fully saturated rings. The first kappa shape index (κ1) is 17.3. The second kappa shape index (κ2) is 7.00. The molecule has 2 heterocycles. The van der Waals surface area contributed by atoms with E-state index in [0.717, 1.165) is 33.6 Å². The van der Waals surface area contributed by atoms with Gasteiger partial charge in [0.05, 0.1) is 11.4 Å².